The summed E-state index contributed by atoms with van der Waals surface area (Å²) in [5.41, 5.74) is 2.63. The van der Waals surface area contributed by atoms with Crippen LogP contribution < -0.4 is 10.3 Å². The van der Waals surface area contributed by atoms with E-state index < -0.39 is 11.9 Å². The zero-order valence-electron chi connectivity index (χ0n) is 16.2. The van der Waals surface area contributed by atoms with E-state index in [4.69, 9.17) is 27.6 Å². The Morgan fingerprint density at radius 1 is 0.968 bits per heavy atom. The van der Waals surface area contributed by atoms with Crippen LogP contribution >= 0.6 is 39.1 Å². The van der Waals surface area contributed by atoms with Crippen molar-refractivity contribution in [1.29, 1.82) is 0 Å². The van der Waals surface area contributed by atoms with Crippen LogP contribution in [0.5, 0.6) is 0 Å². The summed E-state index contributed by atoms with van der Waals surface area (Å²) in [5, 5.41) is 1.50. The number of hydrogen-bond donors (Lipinski definition) is 0. The van der Waals surface area contributed by atoms with E-state index in [1.54, 1.807) is 41.3 Å². The minimum absolute atomic E-state index is 0.0384. The number of amides is 1. The van der Waals surface area contributed by atoms with Crippen LogP contribution in [0.4, 0.5) is 5.69 Å². The van der Waals surface area contributed by atoms with Crippen molar-refractivity contribution in [3.8, 4) is 0 Å². The monoisotopic (exact) mass is 513 g/mol. The van der Waals surface area contributed by atoms with Gasteiger partial charge in [-0.3, -0.25) is 14.5 Å². The molecule has 31 heavy (non-hydrogen) atoms. The summed E-state index contributed by atoms with van der Waals surface area (Å²) in [7, 11) is 0. The number of carbonyl (C=O) groups excluding carboxylic acids is 1. The van der Waals surface area contributed by atoms with Crippen molar-refractivity contribution in [3.63, 3.8) is 0 Å². The van der Waals surface area contributed by atoms with Crippen molar-refractivity contribution in [1.82, 2.24) is 0 Å². The molecule has 4 aromatic rings. The molecule has 2 heterocycles. The Morgan fingerprint density at radius 3 is 2.42 bits per heavy atom. The molecule has 3 aromatic carbocycles. The van der Waals surface area contributed by atoms with Gasteiger partial charge in [0.25, 0.3) is 5.91 Å². The van der Waals surface area contributed by atoms with E-state index in [1.807, 2.05) is 31.2 Å². The van der Waals surface area contributed by atoms with Crippen LogP contribution in [0.1, 0.15) is 33.3 Å². The second-order valence-corrected chi connectivity index (χ2v) is 9.14. The quantitative estimate of drug-likeness (QED) is 0.291. The van der Waals surface area contributed by atoms with Gasteiger partial charge >= 0.3 is 0 Å². The van der Waals surface area contributed by atoms with Crippen LogP contribution in [-0.4, -0.2) is 5.91 Å². The Labute approximate surface area is 196 Å². The van der Waals surface area contributed by atoms with Crippen LogP contribution in [0, 0.1) is 6.92 Å². The van der Waals surface area contributed by atoms with Gasteiger partial charge in [-0.1, -0.05) is 57.3 Å². The molecule has 1 aliphatic rings. The maximum absolute atomic E-state index is 13.6. The summed E-state index contributed by atoms with van der Waals surface area (Å²) >= 11 is 15.8. The van der Waals surface area contributed by atoms with E-state index in [-0.39, 0.29) is 11.2 Å². The van der Waals surface area contributed by atoms with Gasteiger partial charge in [-0.2, -0.15) is 0 Å². The Bertz CT molecular complexity index is 1430. The second kappa shape index (κ2) is 7.52. The molecule has 1 unspecified atom stereocenters. The molecule has 0 saturated carbocycles. The molecular weight excluding hydrogens is 501 g/mol. The lowest BCUT2D eigenvalue weighted by Crippen LogP contribution is -2.29. The first kappa shape index (κ1) is 20.3. The third-order valence-corrected chi connectivity index (χ3v) is 6.60. The topological polar surface area (TPSA) is 50.5 Å². The molecule has 154 valence electrons. The van der Waals surface area contributed by atoms with Crippen LogP contribution in [0.2, 0.25) is 10.0 Å². The first-order chi connectivity index (χ1) is 14.8. The smallest absolute Gasteiger partial charge is 0.295 e. The first-order valence-corrected chi connectivity index (χ1v) is 11.0. The minimum Gasteiger partial charge on any atom is -0.450 e. The van der Waals surface area contributed by atoms with Crippen molar-refractivity contribution in [2.75, 3.05) is 4.90 Å². The molecular formula is C24H14BrCl2NO3. The lowest BCUT2D eigenvalue weighted by molar-refractivity contribution is 0.0971. The molecule has 7 heteroatoms. The van der Waals surface area contributed by atoms with Crippen molar-refractivity contribution < 1.29 is 9.21 Å². The molecule has 0 spiro atoms. The Morgan fingerprint density at radius 2 is 1.71 bits per heavy atom. The van der Waals surface area contributed by atoms with E-state index >= 15 is 0 Å². The Balaban J connectivity index is 1.82. The van der Waals surface area contributed by atoms with E-state index in [0.717, 1.165) is 15.6 Å². The average molecular weight is 515 g/mol. The molecule has 1 amide bonds. The molecule has 0 radical (unpaired) electrons. The van der Waals surface area contributed by atoms with E-state index in [0.29, 0.717) is 32.3 Å². The molecule has 0 aliphatic carbocycles. The number of carbonyl (C=O) groups is 1. The highest BCUT2D eigenvalue weighted by Gasteiger charge is 2.43. The van der Waals surface area contributed by atoms with Crippen molar-refractivity contribution in [3.05, 3.63) is 108 Å². The van der Waals surface area contributed by atoms with Crippen LogP contribution in [-0.2, 0) is 0 Å². The van der Waals surface area contributed by atoms with Gasteiger partial charge in [-0.15, -0.1) is 0 Å². The van der Waals surface area contributed by atoms with Crippen molar-refractivity contribution >= 4 is 61.7 Å². The first-order valence-electron chi connectivity index (χ1n) is 9.46. The lowest BCUT2D eigenvalue weighted by Gasteiger charge is -2.25. The molecule has 1 aliphatic heterocycles. The van der Waals surface area contributed by atoms with E-state index in [9.17, 15) is 9.59 Å². The number of hydrogen-bond acceptors (Lipinski definition) is 3. The molecule has 0 fully saturated rings. The summed E-state index contributed by atoms with van der Waals surface area (Å²) < 4.78 is 6.71. The van der Waals surface area contributed by atoms with Gasteiger partial charge < -0.3 is 4.42 Å². The van der Waals surface area contributed by atoms with Gasteiger partial charge in [0.05, 0.1) is 17.0 Å². The molecule has 0 bridgehead atoms. The van der Waals surface area contributed by atoms with E-state index in [2.05, 4.69) is 15.9 Å². The lowest BCUT2D eigenvalue weighted by atomic mass is 9.98. The normalized spacial score (nSPS) is 15.5. The fraction of sp³-hybridized carbons (Fsp3) is 0.0833. The number of fused-ring (bicyclic) bond motifs is 2. The highest BCUT2D eigenvalue weighted by atomic mass is 79.9. The standard InChI is InChI=1S/C24H14BrCl2NO3/c1-12-2-8-16(11-18(12)27)28-21(13-3-6-15(26)7-4-13)20-22(29)17-10-14(25)5-9-19(17)31-23(20)24(28)30/h2-11,21H,1H3. The fourth-order valence-electron chi connectivity index (χ4n) is 3.90. The Hall–Kier alpha value is -2.60. The molecule has 0 N–H and O–H groups in total. The summed E-state index contributed by atoms with van der Waals surface area (Å²) in [5.74, 6) is -0.353. The van der Waals surface area contributed by atoms with Gasteiger partial charge in [-0.25, -0.2) is 0 Å². The second-order valence-electron chi connectivity index (χ2n) is 7.38. The highest BCUT2D eigenvalue weighted by molar-refractivity contribution is 9.10. The zero-order chi connectivity index (χ0) is 21.9. The number of nitrogens with zero attached hydrogens (tertiary/aromatic N) is 1. The number of benzene rings is 3. The summed E-state index contributed by atoms with van der Waals surface area (Å²) in [6.45, 7) is 1.89. The van der Waals surface area contributed by atoms with Crippen molar-refractivity contribution in [2.24, 2.45) is 0 Å². The maximum Gasteiger partial charge on any atom is 0.295 e. The van der Waals surface area contributed by atoms with Gasteiger partial charge in [0.1, 0.15) is 5.58 Å². The Kier molecular flexibility index (Phi) is 4.93. The van der Waals surface area contributed by atoms with Crippen LogP contribution in [0.25, 0.3) is 11.0 Å². The van der Waals surface area contributed by atoms with Crippen LogP contribution in [0.3, 0.4) is 0 Å². The summed E-state index contributed by atoms with van der Waals surface area (Å²) in [6.07, 6.45) is 0. The third-order valence-electron chi connectivity index (χ3n) is 5.45. The number of halogens is 3. The van der Waals surface area contributed by atoms with Gasteiger partial charge in [0.2, 0.25) is 5.76 Å². The third kappa shape index (κ3) is 3.28. The summed E-state index contributed by atoms with van der Waals surface area (Å²) in [4.78, 5) is 28.6. The maximum atomic E-state index is 13.6. The zero-order valence-corrected chi connectivity index (χ0v) is 19.3. The van der Waals surface area contributed by atoms with Gasteiger partial charge in [0.15, 0.2) is 5.43 Å². The van der Waals surface area contributed by atoms with Crippen molar-refractivity contribution in [2.45, 2.75) is 13.0 Å². The molecule has 1 atom stereocenters. The average Bonchev–Trinajstić information content (AvgIpc) is 3.04. The SMILES string of the molecule is Cc1ccc(N2C(=O)c3oc4ccc(Br)cc4c(=O)c3C2c2ccc(Cl)cc2)cc1Cl. The molecule has 1 aromatic heterocycles. The fourth-order valence-corrected chi connectivity index (χ4v) is 4.57. The molecule has 4 nitrogen and oxygen atoms in total. The minimum atomic E-state index is -0.668. The van der Waals surface area contributed by atoms with Gasteiger partial charge in [0, 0.05) is 20.2 Å². The predicted octanol–water partition coefficient (Wildman–Crippen LogP) is 6.92. The number of aryl methyl sites for hydroxylation is 1. The van der Waals surface area contributed by atoms with Crippen LogP contribution in [0.15, 0.2) is 74.3 Å². The van der Waals surface area contributed by atoms with Gasteiger partial charge in [-0.05, 0) is 60.5 Å². The summed E-state index contributed by atoms with van der Waals surface area (Å²) in [6, 6.07) is 17.0. The molecule has 0 saturated heterocycles. The highest BCUT2D eigenvalue weighted by Crippen LogP contribution is 2.42. The molecule has 5 rings (SSSR count). The predicted molar refractivity (Wildman–Crippen MR) is 126 cm³/mol. The number of anilines is 1. The van der Waals surface area contributed by atoms with E-state index in [1.165, 1.54) is 0 Å². The largest absolute Gasteiger partial charge is 0.450 e. The number of rotatable bonds is 2.